The first-order valence-electron chi connectivity index (χ1n) is 10.6. The van der Waals surface area contributed by atoms with E-state index in [0.29, 0.717) is 40.4 Å². The van der Waals surface area contributed by atoms with Gasteiger partial charge in [-0.1, -0.05) is 24.3 Å². The van der Waals surface area contributed by atoms with Gasteiger partial charge in [0.25, 0.3) is 0 Å². The Morgan fingerprint density at radius 1 is 1.06 bits per heavy atom. The number of Topliss-reactive ketones (excluding diaryl/α,β-unsaturated/α-hetero) is 1. The highest BCUT2D eigenvalue weighted by molar-refractivity contribution is 7.93. The van der Waals surface area contributed by atoms with Gasteiger partial charge in [0, 0.05) is 30.7 Å². The first kappa shape index (κ1) is 21.9. The molecule has 3 aromatic rings. The van der Waals surface area contributed by atoms with Crippen LogP contribution in [0, 0.1) is 0 Å². The highest BCUT2D eigenvalue weighted by atomic mass is 32.2. The second-order valence-electron chi connectivity index (χ2n) is 7.88. The third-order valence-electron chi connectivity index (χ3n) is 5.84. The fourth-order valence-electron chi connectivity index (χ4n) is 4.20. The van der Waals surface area contributed by atoms with Crippen molar-refractivity contribution in [1.82, 2.24) is 19.3 Å². The number of carbonyl (C=O) groups is 1. The molecule has 5 rings (SSSR count). The number of nitrogens with zero attached hydrogens (tertiary/aromatic N) is 4. The topological polar surface area (TPSA) is 140 Å². The smallest absolute Gasteiger partial charge is 0.245 e. The molecule has 0 amide bonds. The van der Waals surface area contributed by atoms with Crippen molar-refractivity contribution >= 4 is 27.2 Å². The van der Waals surface area contributed by atoms with Gasteiger partial charge in [-0.2, -0.15) is 4.31 Å². The molecule has 0 atom stereocenters. The number of ketones is 1. The van der Waals surface area contributed by atoms with Gasteiger partial charge in [0.1, 0.15) is 0 Å². The van der Waals surface area contributed by atoms with Crippen LogP contribution in [0.4, 0.5) is 11.4 Å². The molecule has 0 spiro atoms. The van der Waals surface area contributed by atoms with Crippen molar-refractivity contribution < 1.29 is 13.2 Å². The van der Waals surface area contributed by atoms with Crippen LogP contribution in [-0.2, 0) is 16.6 Å². The van der Waals surface area contributed by atoms with E-state index in [2.05, 4.69) is 10.3 Å². The van der Waals surface area contributed by atoms with Crippen molar-refractivity contribution in [2.75, 3.05) is 23.9 Å². The summed E-state index contributed by atoms with van der Waals surface area (Å²) < 4.78 is 29.0. The number of carbonyl (C=O) groups excluding carboxylic acids is 1. The summed E-state index contributed by atoms with van der Waals surface area (Å²) in [4.78, 5) is 17.6. The molecule has 0 aliphatic carbocycles. The lowest BCUT2D eigenvalue weighted by Crippen LogP contribution is -2.41. The van der Waals surface area contributed by atoms with Crippen molar-refractivity contribution in [3.63, 3.8) is 0 Å². The Kier molecular flexibility index (Phi) is 5.44. The van der Waals surface area contributed by atoms with Crippen LogP contribution in [0.3, 0.4) is 0 Å². The molecular formula is C23H23N7O3S. The van der Waals surface area contributed by atoms with Crippen molar-refractivity contribution in [3.05, 3.63) is 89.4 Å². The molecule has 1 aromatic carbocycles. The quantitative estimate of drug-likeness (QED) is 0.372. The Morgan fingerprint density at radius 3 is 2.47 bits per heavy atom. The molecule has 4 heterocycles. The highest BCUT2D eigenvalue weighted by Gasteiger charge is 2.39. The van der Waals surface area contributed by atoms with Crippen LogP contribution in [-0.4, -0.2) is 41.3 Å². The summed E-state index contributed by atoms with van der Waals surface area (Å²) in [7, 11) is -3.92. The molecule has 2 aliphatic rings. The molecular weight excluding hydrogens is 454 g/mol. The summed E-state index contributed by atoms with van der Waals surface area (Å²) in [5.41, 5.74) is 2.91. The van der Waals surface area contributed by atoms with Gasteiger partial charge in [-0.15, -0.1) is 0 Å². The number of fused-ring (bicyclic) bond motifs is 1. The number of allylic oxidation sites excluding steroid dienone is 1. The van der Waals surface area contributed by atoms with Gasteiger partial charge in [0.05, 0.1) is 46.3 Å². The molecule has 0 radical (unpaired) electrons. The van der Waals surface area contributed by atoms with Crippen LogP contribution in [0.5, 0.6) is 0 Å². The van der Waals surface area contributed by atoms with E-state index >= 15 is 0 Å². The number of pyridine rings is 1. The number of sulfonamides is 1. The number of nitrogens with two attached hydrogens (primary N) is 2. The maximum atomic E-state index is 13.5. The van der Waals surface area contributed by atoms with Crippen molar-refractivity contribution in [3.8, 4) is 11.3 Å². The Bertz CT molecular complexity index is 1410. The SMILES string of the molecule is NN(c1ccccc1)c1c2c(n(N)c1-c1ccncc1)CN(S(=O)(=O)C1=CNCC=C1)CC2=O. The molecule has 174 valence electrons. The van der Waals surface area contributed by atoms with Gasteiger partial charge in [-0.3, -0.25) is 19.5 Å². The van der Waals surface area contributed by atoms with E-state index in [1.54, 1.807) is 30.6 Å². The van der Waals surface area contributed by atoms with Crippen LogP contribution in [0.25, 0.3) is 11.3 Å². The molecule has 2 aromatic heterocycles. The number of nitrogen functional groups attached to an aromatic ring is 1. The zero-order valence-electron chi connectivity index (χ0n) is 18.1. The van der Waals surface area contributed by atoms with Crippen molar-refractivity contribution in [2.24, 2.45) is 5.84 Å². The van der Waals surface area contributed by atoms with E-state index < -0.39 is 10.0 Å². The van der Waals surface area contributed by atoms with Crippen molar-refractivity contribution in [1.29, 1.82) is 0 Å². The zero-order chi connectivity index (χ0) is 23.9. The fraction of sp³-hybridized carbons (Fsp3) is 0.130. The lowest BCUT2D eigenvalue weighted by Gasteiger charge is -2.28. The molecule has 11 heteroatoms. The van der Waals surface area contributed by atoms with Gasteiger partial charge in [-0.05, 0) is 30.3 Å². The standard InChI is InChI=1S/C23H23N7O3S/c24-29(17-5-2-1-3-6-17)23-21-19(30(25)22(23)16-8-11-26-12-9-16)14-28(15-20(21)31)34(32,33)18-7-4-10-27-13-18/h1-9,11-13,27H,10,14-15,24-25H2. The summed E-state index contributed by atoms with van der Waals surface area (Å²) >= 11 is 0. The molecule has 0 saturated heterocycles. The normalized spacial score (nSPS) is 16.0. The number of benzene rings is 1. The van der Waals surface area contributed by atoms with Crippen LogP contribution in [0.2, 0.25) is 0 Å². The predicted molar refractivity (Wildman–Crippen MR) is 129 cm³/mol. The first-order chi connectivity index (χ1) is 16.4. The lowest BCUT2D eigenvalue weighted by molar-refractivity contribution is 0.0949. The van der Waals surface area contributed by atoms with Gasteiger partial charge < -0.3 is 11.2 Å². The van der Waals surface area contributed by atoms with Gasteiger partial charge in [0.15, 0.2) is 5.78 Å². The monoisotopic (exact) mass is 477 g/mol. The number of nitrogens with one attached hydrogen (secondary N) is 1. The predicted octanol–water partition coefficient (Wildman–Crippen LogP) is 1.60. The molecule has 0 bridgehead atoms. The first-order valence-corrected chi connectivity index (χ1v) is 12.0. The highest BCUT2D eigenvalue weighted by Crippen LogP contribution is 2.42. The minimum atomic E-state index is -3.92. The summed E-state index contributed by atoms with van der Waals surface area (Å²) in [6, 6.07) is 12.7. The van der Waals surface area contributed by atoms with Crippen LogP contribution in [0.15, 0.2) is 78.1 Å². The number of hydrazine groups is 1. The summed E-state index contributed by atoms with van der Waals surface area (Å²) in [6.45, 7) is 0.139. The van der Waals surface area contributed by atoms with E-state index in [4.69, 9.17) is 11.7 Å². The Hall–Kier alpha value is -3.93. The number of hydrogen-bond donors (Lipinski definition) is 3. The largest absolute Gasteiger partial charge is 0.386 e. The maximum Gasteiger partial charge on any atom is 0.245 e. The van der Waals surface area contributed by atoms with Crippen molar-refractivity contribution in [2.45, 2.75) is 6.54 Å². The Balaban J connectivity index is 1.67. The third kappa shape index (κ3) is 3.55. The molecule has 34 heavy (non-hydrogen) atoms. The molecule has 10 nitrogen and oxygen atoms in total. The molecule has 0 saturated carbocycles. The van der Waals surface area contributed by atoms with E-state index in [9.17, 15) is 13.2 Å². The summed E-state index contributed by atoms with van der Waals surface area (Å²) in [6.07, 6.45) is 7.89. The number of anilines is 2. The van der Waals surface area contributed by atoms with E-state index in [-0.39, 0.29) is 23.8 Å². The van der Waals surface area contributed by atoms with Gasteiger partial charge >= 0.3 is 0 Å². The average molecular weight is 478 g/mol. The second-order valence-corrected chi connectivity index (χ2v) is 9.82. The zero-order valence-corrected chi connectivity index (χ0v) is 18.9. The Morgan fingerprint density at radius 2 is 1.79 bits per heavy atom. The Labute approximate surface area is 196 Å². The molecule has 0 unspecified atom stereocenters. The fourth-order valence-corrected chi connectivity index (χ4v) is 5.58. The number of dihydropyridines is 1. The molecule has 0 fully saturated rings. The van der Waals surface area contributed by atoms with Gasteiger partial charge in [0.2, 0.25) is 10.0 Å². The maximum absolute atomic E-state index is 13.5. The average Bonchev–Trinajstić information content (AvgIpc) is 3.18. The van der Waals surface area contributed by atoms with Crippen LogP contribution in [0.1, 0.15) is 16.1 Å². The number of hydrogen-bond acceptors (Lipinski definition) is 8. The summed E-state index contributed by atoms with van der Waals surface area (Å²) in [5, 5.41) is 4.30. The summed E-state index contributed by atoms with van der Waals surface area (Å²) in [5.74, 6) is 12.7. The third-order valence-corrected chi connectivity index (χ3v) is 7.62. The minimum Gasteiger partial charge on any atom is -0.386 e. The number of aromatic nitrogens is 2. The molecule has 2 aliphatic heterocycles. The van der Waals surface area contributed by atoms with E-state index in [0.717, 1.165) is 4.31 Å². The van der Waals surface area contributed by atoms with Crippen LogP contribution < -0.4 is 22.0 Å². The second kappa shape index (κ2) is 8.45. The van der Waals surface area contributed by atoms with Gasteiger partial charge in [-0.25, -0.2) is 14.3 Å². The number of rotatable bonds is 5. The minimum absolute atomic E-state index is 0.0776. The lowest BCUT2D eigenvalue weighted by atomic mass is 10.0. The number of para-hydroxylation sites is 1. The van der Waals surface area contributed by atoms with E-state index in [1.807, 2.05) is 30.3 Å². The van der Waals surface area contributed by atoms with Crippen LogP contribution >= 0.6 is 0 Å². The van der Waals surface area contributed by atoms with E-state index in [1.165, 1.54) is 22.0 Å². The molecule has 5 N–H and O–H groups in total.